The molecular weight excluding hydrogens is 208 g/mol. The number of nitrogens with zero attached hydrogens (tertiary/aromatic N) is 1. The van der Waals surface area contributed by atoms with Gasteiger partial charge in [0.05, 0.1) is 13.0 Å². The molecule has 1 atom stereocenters. The average Bonchev–Trinajstić information content (AvgIpc) is 2.60. The molecule has 1 heterocycles. The third kappa shape index (κ3) is 2.04. The Balaban J connectivity index is 2.06. The average molecular weight is 220 g/mol. The lowest BCUT2D eigenvalue weighted by Gasteiger charge is -2.16. The number of benzene rings is 1. The lowest BCUT2D eigenvalue weighted by Crippen LogP contribution is -2.40. The number of urea groups is 1. The van der Waals surface area contributed by atoms with Crippen LogP contribution in [-0.2, 0) is 11.2 Å². The molecule has 0 aliphatic carbocycles. The minimum absolute atomic E-state index is 0.0966. The first kappa shape index (κ1) is 10.6. The van der Waals surface area contributed by atoms with Gasteiger partial charge in [-0.15, -0.1) is 0 Å². The Morgan fingerprint density at radius 1 is 1.44 bits per heavy atom. The Hall–Kier alpha value is -1.88. The lowest BCUT2D eigenvalue weighted by molar-refractivity contribution is -0.132. The van der Waals surface area contributed by atoms with Crippen LogP contribution in [0.25, 0.3) is 0 Å². The summed E-state index contributed by atoms with van der Waals surface area (Å²) < 4.78 is 0. The predicted octanol–water partition coefficient (Wildman–Crippen LogP) is 0.0993. The molecule has 0 aromatic heterocycles. The molecule has 0 bridgehead atoms. The molecule has 1 fully saturated rings. The van der Waals surface area contributed by atoms with Crippen molar-refractivity contribution in [3.63, 3.8) is 0 Å². The molecule has 16 heavy (non-hydrogen) atoms. The zero-order valence-corrected chi connectivity index (χ0v) is 8.59. The summed E-state index contributed by atoms with van der Waals surface area (Å²) in [6.45, 7) is 0.0966. The van der Waals surface area contributed by atoms with Gasteiger partial charge < -0.3 is 10.4 Å². The topological polar surface area (TPSA) is 69.6 Å². The number of carbonyl (C=O) groups is 2. The standard InChI is InChI=1S/C11H12N2O3/c14-9(6-8-4-2-1-3-5-8)13-10(15)7-12-11(13)16/h1-5,10,15H,6-7H2,(H,12,16). The van der Waals surface area contributed by atoms with Gasteiger partial charge in [0.25, 0.3) is 0 Å². The van der Waals surface area contributed by atoms with Gasteiger partial charge in [0.1, 0.15) is 0 Å². The molecule has 1 saturated heterocycles. The molecule has 2 rings (SSSR count). The van der Waals surface area contributed by atoms with E-state index < -0.39 is 18.2 Å². The quantitative estimate of drug-likeness (QED) is 0.742. The normalized spacial score (nSPS) is 19.7. The number of nitrogens with one attached hydrogen (secondary N) is 1. The monoisotopic (exact) mass is 220 g/mol. The van der Waals surface area contributed by atoms with Gasteiger partial charge in [0.2, 0.25) is 5.91 Å². The number of aliphatic hydroxyl groups excluding tert-OH is 1. The molecule has 5 nitrogen and oxygen atoms in total. The largest absolute Gasteiger partial charge is 0.371 e. The van der Waals surface area contributed by atoms with Crippen molar-refractivity contribution in [2.75, 3.05) is 6.54 Å². The van der Waals surface area contributed by atoms with E-state index in [4.69, 9.17) is 0 Å². The third-order valence-electron chi connectivity index (χ3n) is 2.42. The highest BCUT2D eigenvalue weighted by Crippen LogP contribution is 2.08. The second-order valence-corrected chi connectivity index (χ2v) is 3.59. The Labute approximate surface area is 92.7 Å². The summed E-state index contributed by atoms with van der Waals surface area (Å²) in [7, 11) is 0. The Morgan fingerprint density at radius 2 is 2.12 bits per heavy atom. The highest BCUT2D eigenvalue weighted by atomic mass is 16.3. The summed E-state index contributed by atoms with van der Waals surface area (Å²) >= 11 is 0. The van der Waals surface area contributed by atoms with Crippen molar-refractivity contribution < 1.29 is 14.7 Å². The van der Waals surface area contributed by atoms with E-state index in [1.165, 1.54) is 0 Å². The molecule has 1 unspecified atom stereocenters. The van der Waals surface area contributed by atoms with Crippen molar-refractivity contribution in [1.29, 1.82) is 0 Å². The summed E-state index contributed by atoms with van der Waals surface area (Å²) in [4.78, 5) is 23.8. The fourth-order valence-electron chi connectivity index (χ4n) is 1.63. The van der Waals surface area contributed by atoms with Crippen LogP contribution in [0.5, 0.6) is 0 Å². The molecule has 3 amide bonds. The predicted molar refractivity (Wildman–Crippen MR) is 56.4 cm³/mol. The van der Waals surface area contributed by atoms with Gasteiger partial charge in [0.15, 0.2) is 6.23 Å². The number of β-amino-alcohol motifs (C(OH)–C–C–N with tert-alkyl or cyclic N) is 1. The summed E-state index contributed by atoms with van der Waals surface area (Å²) in [6.07, 6.45) is -0.936. The van der Waals surface area contributed by atoms with Crippen LogP contribution in [0, 0.1) is 0 Å². The van der Waals surface area contributed by atoms with Crippen molar-refractivity contribution in [3.8, 4) is 0 Å². The highest BCUT2D eigenvalue weighted by molar-refractivity contribution is 5.96. The van der Waals surface area contributed by atoms with E-state index in [2.05, 4.69) is 5.32 Å². The summed E-state index contributed by atoms with van der Waals surface area (Å²) in [5.41, 5.74) is 0.819. The summed E-state index contributed by atoms with van der Waals surface area (Å²) in [5, 5.41) is 11.8. The van der Waals surface area contributed by atoms with Crippen molar-refractivity contribution >= 4 is 11.9 Å². The summed E-state index contributed by atoms with van der Waals surface area (Å²) in [6, 6.07) is 8.57. The Bertz CT molecular complexity index is 405. The first-order valence-corrected chi connectivity index (χ1v) is 5.00. The molecule has 0 radical (unpaired) electrons. The van der Waals surface area contributed by atoms with Crippen LogP contribution < -0.4 is 5.32 Å². The molecule has 0 saturated carbocycles. The SMILES string of the molecule is O=C(Cc1ccccc1)N1C(=O)NCC1O. The maximum Gasteiger partial charge on any atom is 0.326 e. The lowest BCUT2D eigenvalue weighted by atomic mass is 10.1. The molecule has 84 valence electrons. The molecule has 1 aromatic rings. The molecule has 1 aliphatic heterocycles. The van der Waals surface area contributed by atoms with E-state index in [9.17, 15) is 14.7 Å². The minimum atomic E-state index is -1.05. The van der Waals surface area contributed by atoms with E-state index >= 15 is 0 Å². The van der Waals surface area contributed by atoms with Gasteiger partial charge in [-0.1, -0.05) is 30.3 Å². The van der Waals surface area contributed by atoms with Crippen molar-refractivity contribution in [3.05, 3.63) is 35.9 Å². The van der Waals surface area contributed by atoms with Gasteiger partial charge in [-0.05, 0) is 5.56 Å². The smallest absolute Gasteiger partial charge is 0.326 e. The second-order valence-electron chi connectivity index (χ2n) is 3.59. The van der Waals surface area contributed by atoms with Crippen molar-refractivity contribution in [2.24, 2.45) is 0 Å². The fraction of sp³-hybridized carbons (Fsp3) is 0.273. The number of amides is 3. The van der Waals surface area contributed by atoms with Crippen LogP contribution in [0.15, 0.2) is 30.3 Å². The van der Waals surface area contributed by atoms with E-state index in [0.29, 0.717) is 0 Å². The molecule has 1 aliphatic rings. The van der Waals surface area contributed by atoms with Gasteiger partial charge in [-0.25, -0.2) is 9.69 Å². The number of hydrogen-bond donors (Lipinski definition) is 2. The molecular formula is C11H12N2O3. The number of carbonyl (C=O) groups excluding carboxylic acids is 2. The van der Waals surface area contributed by atoms with Gasteiger partial charge in [-0.3, -0.25) is 4.79 Å². The van der Waals surface area contributed by atoms with Crippen LogP contribution in [0.1, 0.15) is 5.56 Å². The maximum absolute atomic E-state index is 11.7. The highest BCUT2D eigenvalue weighted by Gasteiger charge is 2.33. The van der Waals surface area contributed by atoms with Gasteiger partial charge >= 0.3 is 6.03 Å². The summed E-state index contributed by atoms with van der Waals surface area (Å²) in [5.74, 6) is -0.395. The molecule has 2 N–H and O–H groups in total. The number of aliphatic hydroxyl groups is 1. The van der Waals surface area contributed by atoms with E-state index in [1.54, 1.807) is 12.1 Å². The maximum atomic E-state index is 11.7. The molecule has 5 heteroatoms. The van der Waals surface area contributed by atoms with Gasteiger partial charge in [0, 0.05) is 0 Å². The van der Waals surface area contributed by atoms with Crippen LogP contribution in [0.3, 0.4) is 0 Å². The molecule has 0 spiro atoms. The zero-order chi connectivity index (χ0) is 11.5. The minimum Gasteiger partial charge on any atom is -0.371 e. The van der Waals surface area contributed by atoms with Crippen LogP contribution in [0.4, 0.5) is 4.79 Å². The van der Waals surface area contributed by atoms with E-state index in [0.717, 1.165) is 10.5 Å². The Kier molecular flexibility index (Phi) is 2.87. The van der Waals surface area contributed by atoms with Crippen LogP contribution >= 0.6 is 0 Å². The van der Waals surface area contributed by atoms with E-state index in [1.807, 2.05) is 18.2 Å². The molecule has 1 aromatic carbocycles. The number of rotatable bonds is 2. The van der Waals surface area contributed by atoms with E-state index in [-0.39, 0.29) is 13.0 Å². The van der Waals surface area contributed by atoms with Crippen molar-refractivity contribution in [1.82, 2.24) is 10.2 Å². The number of hydrogen-bond acceptors (Lipinski definition) is 3. The van der Waals surface area contributed by atoms with Crippen LogP contribution in [0.2, 0.25) is 0 Å². The first-order valence-electron chi connectivity index (χ1n) is 5.00. The van der Waals surface area contributed by atoms with Gasteiger partial charge in [-0.2, -0.15) is 0 Å². The third-order valence-corrected chi connectivity index (χ3v) is 2.42. The number of imide groups is 1. The fourth-order valence-corrected chi connectivity index (χ4v) is 1.63. The second kappa shape index (κ2) is 4.32. The van der Waals surface area contributed by atoms with Crippen LogP contribution in [-0.4, -0.2) is 34.7 Å². The zero-order valence-electron chi connectivity index (χ0n) is 8.59. The Morgan fingerprint density at radius 3 is 2.69 bits per heavy atom. The van der Waals surface area contributed by atoms with Crippen molar-refractivity contribution in [2.45, 2.75) is 12.6 Å². The first-order chi connectivity index (χ1) is 7.68.